The second-order valence-electron chi connectivity index (χ2n) is 6.94. The van der Waals surface area contributed by atoms with Crippen LogP contribution in [-0.2, 0) is 9.53 Å². The Morgan fingerprint density at radius 3 is 2.62 bits per heavy atom. The molecule has 0 radical (unpaired) electrons. The fourth-order valence-electron chi connectivity index (χ4n) is 2.98. The number of hydrogen-bond donors (Lipinski definition) is 0. The van der Waals surface area contributed by atoms with Gasteiger partial charge in [-0.3, -0.25) is 4.79 Å². The van der Waals surface area contributed by atoms with Gasteiger partial charge in [-0.15, -0.1) is 0 Å². The topological polar surface area (TPSA) is 78.9 Å². The minimum absolute atomic E-state index is 0.0523. The summed E-state index contributed by atoms with van der Waals surface area (Å²) in [6.45, 7) is 5.72. The van der Waals surface area contributed by atoms with Gasteiger partial charge in [0.1, 0.15) is 22.7 Å². The average molecular weight is 354 g/mol. The summed E-state index contributed by atoms with van der Waals surface area (Å²) < 4.78 is 22.5. The molecule has 4 rings (SSSR count). The van der Waals surface area contributed by atoms with Gasteiger partial charge in [-0.05, 0) is 26.0 Å². The van der Waals surface area contributed by atoms with Crippen LogP contribution in [0.4, 0.5) is 0 Å². The zero-order valence-corrected chi connectivity index (χ0v) is 14.7. The lowest BCUT2D eigenvalue weighted by molar-refractivity contribution is -0.127. The van der Waals surface area contributed by atoms with Crippen LogP contribution in [0, 0.1) is 5.92 Å². The van der Waals surface area contributed by atoms with Gasteiger partial charge < -0.3 is 18.3 Å². The van der Waals surface area contributed by atoms with Crippen LogP contribution in [0.1, 0.15) is 20.8 Å². The van der Waals surface area contributed by atoms with E-state index < -0.39 is 11.2 Å². The number of benzene rings is 1. The van der Waals surface area contributed by atoms with Crippen molar-refractivity contribution in [2.24, 2.45) is 5.92 Å². The normalized spacial score (nSPS) is 17.3. The Kier molecular flexibility index (Phi) is 3.64. The Morgan fingerprint density at radius 2 is 1.88 bits per heavy atom. The molecule has 0 aliphatic carbocycles. The van der Waals surface area contributed by atoms with Crippen LogP contribution in [0.3, 0.4) is 0 Å². The van der Waals surface area contributed by atoms with E-state index in [1.54, 1.807) is 38.3 Å². The summed E-state index contributed by atoms with van der Waals surface area (Å²) in [4.78, 5) is 23.4. The predicted octanol–water partition coefficient (Wildman–Crippen LogP) is 3.82. The third kappa shape index (κ3) is 2.67. The summed E-state index contributed by atoms with van der Waals surface area (Å²) in [5, 5.41) is 1.47. The van der Waals surface area contributed by atoms with E-state index >= 15 is 0 Å². The monoisotopic (exact) mass is 354 g/mol. The summed E-state index contributed by atoms with van der Waals surface area (Å²) in [5.41, 5.74) is -0.296. The van der Waals surface area contributed by atoms with Crippen LogP contribution in [-0.4, -0.2) is 18.0 Å². The third-order valence-corrected chi connectivity index (χ3v) is 4.51. The molecule has 3 heterocycles. The van der Waals surface area contributed by atoms with Gasteiger partial charge >= 0.3 is 5.63 Å². The Balaban J connectivity index is 1.66. The summed E-state index contributed by atoms with van der Waals surface area (Å²) in [6.07, 6.45) is 3.09. The zero-order chi connectivity index (χ0) is 18.5. The van der Waals surface area contributed by atoms with Gasteiger partial charge in [0, 0.05) is 24.1 Å². The highest BCUT2D eigenvalue weighted by molar-refractivity contribution is 6.01. The number of fused-ring (bicyclic) bond motifs is 2. The molecule has 0 saturated heterocycles. The maximum atomic E-state index is 11.9. The first-order chi connectivity index (χ1) is 12.3. The molecule has 0 bridgehead atoms. The highest BCUT2D eigenvalue weighted by Crippen LogP contribution is 2.36. The van der Waals surface area contributed by atoms with E-state index in [1.165, 1.54) is 12.1 Å². The van der Waals surface area contributed by atoms with E-state index in [1.807, 2.05) is 6.92 Å². The second-order valence-corrected chi connectivity index (χ2v) is 6.94. The standard InChI is InChI=1S/C20H18O6/c1-11(14-9-17(21)20(2,3)26-14)10-24-19-12-4-5-18(22)25-16(12)8-15-13(19)6-7-23-15/h4-9,11H,10H2,1-3H3. The highest BCUT2D eigenvalue weighted by Gasteiger charge is 2.36. The summed E-state index contributed by atoms with van der Waals surface area (Å²) in [7, 11) is 0. The molecule has 6 heteroatoms. The van der Waals surface area contributed by atoms with Gasteiger partial charge in [-0.2, -0.15) is 0 Å². The maximum absolute atomic E-state index is 11.9. The largest absolute Gasteiger partial charge is 0.491 e. The minimum Gasteiger partial charge on any atom is -0.491 e. The van der Waals surface area contributed by atoms with Crippen molar-refractivity contribution in [3.05, 3.63) is 52.8 Å². The molecule has 1 unspecified atom stereocenters. The Labute approximate surface area is 149 Å². The Hall–Kier alpha value is -3.02. The summed E-state index contributed by atoms with van der Waals surface area (Å²) >= 11 is 0. The summed E-state index contributed by atoms with van der Waals surface area (Å²) in [6, 6.07) is 6.50. The number of rotatable bonds is 4. The fraction of sp³-hybridized carbons (Fsp3) is 0.300. The lowest BCUT2D eigenvalue weighted by atomic mass is 10.1. The number of ether oxygens (including phenoxy) is 2. The van der Waals surface area contributed by atoms with Crippen molar-refractivity contribution in [3.8, 4) is 5.75 Å². The lowest BCUT2D eigenvalue weighted by Gasteiger charge is -2.21. The zero-order valence-electron chi connectivity index (χ0n) is 14.7. The van der Waals surface area contributed by atoms with Gasteiger partial charge in [-0.1, -0.05) is 6.92 Å². The van der Waals surface area contributed by atoms with Crippen LogP contribution in [0.25, 0.3) is 21.9 Å². The highest BCUT2D eigenvalue weighted by atomic mass is 16.5. The van der Waals surface area contributed by atoms with Crippen LogP contribution in [0.2, 0.25) is 0 Å². The molecule has 0 spiro atoms. The Morgan fingerprint density at radius 1 is 1.12 bits per heavy atom. The molecule has 1 aliphatic rings. The molecule has 0 fully saturated rings. The first-order valence-corrected chi connectivity index (χ1v) is 8.37. The molecule has 1 aliphatic heterocycles. The van der Waals surface area contributed by atoms with Gasteiger partial charge in [-0.25, -0.2) is 4.79 Å². The van der Waals surface area contributed by atoms with Crippen molar-refractivity contribution in [3.63, 3.8) is 0 Å². The van der Waals surface area contributed by atoms with Crippen molar-refractivity contribution < 1.29 is 23.1 Å². The molecule has 1 aromatic carbocycles. The molecule has 0 N–H and O–H groups in total. The second kappa shape index (κ2) is 5.76. The molecule has 0 amide bonds. The SMILES string of the molecule is CC(COc1c2ccoc2cc2oc(=O)ccc12)C1=CC(=O)C(C)(C)O1. The van der Waals surface area contributed by atoms with E-state index in [9.17, 15) is 9.59 Å². The van der Waals surface area contributed by atoms with E-state index in [0.29, 0.717) is 34.7 Å². The smallest absolute Gasteiger partial charge is 0.336 e. The van der Waals surface area contributed by atoms with Crippen LogP contribution in [0.15, 0.2) is 56.0 Å². The summed E-state index contributed by atoms with van der Waals surface area (Å²) in [5.74, 6) is 1.01. The van der Waals surface area contributed by atoms with Gasteiger partial charge in [0.15, 0.2) is 5.60 Å². The van der Waals surface area contributed by atoms with Crippen molar-refractivity contribution in [2.75, 3.05) is 6.61 Å². The molecule has 3 aromatic rings. The molecule has 6 nitrogen and oxygen atoms in total. The number of ketones is 1. The molecular formula is C20H18O6. The molecule has 26 heavy (non-hydrogen) atoms. The first kappa shape index (κ1) is 16.4. The Bertz CT molecular complexity index is 1100. The molecule has 2 aromatic heterocycles. The van der Waals surface area contributed by atoms with Crippen LogP contribution < -0.4 is 10.4 Å². The van der Waals surface area contributed by atoms with Gasteiger partial charge in [0.05, 0.1) is 23.6 Å². The van der Waals surface area contributed by atoms with Crippen molar-refractivity contribution in [1.29, 1.82) is 0 Å². The average Bonchev–Trinajstić information content (AvgIpc) is 3.15. The molecule has 0 saturated carbocycles. The predicted molar refractivity (Wildman–Crippen MR) is 95.2 cm³/mol. The number of carbonyl (C=O) groups is 1. The van der Waals surface area contributed by atoms with Crippen molar-refractivity contribution in [1.82, 2.24) is 0 Å². The van der Waals surface area contributed by atoms with Crippen molar-refractivity contribution in [2.45, 2.75) is 26.4 Å². The van der Waals surface area contributed by atoms with Gasteiger partial charge in [0.2, 0.25) is 5.78 Å². The number of hydrogen-bond acceptors (Lipinski definition) is 6. The quantitative estimate of drug-likeness (QED) is 0.663. The number of carbonyl (C=O) groups excluding carboxylic acids is 1. The molecule has 134 valence electrons. The fourth-order valence-corrected chi connectivity index (χ4v) is 2.98. The number of furan rings is 1. The van der Waals surface area contributed by atoms with E-state index in [4.69, 9.17) is 18.3 Å². The molecular weight excluding hydrogens is 336 g/mol. The maximum Gasteiger partial charge on any atom is 0.336 e. The lowest BCUT2D eigenvalue weighted by Crippen LogP contribution is -2.28. The molecule has 1 atom stereocenters. The van der Waals surface area contributed by atoms with E-state index in [2.05, 4.69) is 0 Å². The van der Waals surface area contributed by atoms with Crippen LogP contribution >= 0.6 is 0 Å². The minimum atomic E-state index is -0.829. The van der Waals surface area contributed by atoms with Crippen LogP contribution in [0.5, 0.6) is 5.75 Å². The first-order valence-electron chi connectivity index (χ1n) is 8.37. The van der Waals surface area contributed by atoms with Crippen molar-refractivity contribution >= 4 is 27.7 Å². The van der Waals surface area contributed by atoms with Gasteiger partial charge in [0.25, 0.3) is 0 Å². The van der Waals surface area contributed by atoms with E-state index in [-0.39, 0.29) is 11.7 Å². The van der Waals surface area contributed by atoms with E-state index in [0.717, 1.165) is 5.39 Å². The third-order valence-electron chi connectivity index (χ3n) is 4.51.